The lowest BCUT2D eigenvalue weighted by molar-refractivity contribution is -0.122. The molecule has 0 bridgehead atoms. The molecule has 2 aliphatic rings. The lowest BCUT2D eigenvalue weighted by Crippen LogP contribution is -2.32. The van der Waals surface area contributed by atoms with Gasteiger partial charge in [0, 0.05) is 5.71 Å². The van der Waals surface area contributed by atoms with Crippen LogP contribution in [0.1, 0.15) is 39.0 Å². The van der Waals surface area contributed by atoms with E-state index in [1.807, 2.05) is 0 Å². The summed E-state index contributed by atoms with van der Waals surface area (Å²) in [6.07, 6.45) is 5.38. The first kappa shape index (κ1) is 11.8. The molecule has 0 unspecified atom stereocenters. The molecule has 1 fully saturated rings. The number of nitrogens with zero attached hydrogens (tertiary/aromatic N) is 2. The lowest BCUT2D eigenvalue weighted by atomic mass is 9.99. The largest absolute Gasteiger partial charge is 0.288 e. The average Bonchev–Trinajstić information content (AvgIpc) is 2.69. The number of carbonyl (C=O) groups excluding carboxylic acids is 2. The van der Waals surface area contributed by atoms with E-state index < -0.39 is 11.8 Å². The van der Waals surface area contributed by atoms with Gasteiger partial charge in [0.1, 0.15) is 5.71 Å². The third kappa shape index (κ3) is 2.69. The average molecular weight is 236 g/mol. The number of amides is 2. The molecule has 1 heterocycles. The maximum Gasteiger partial charge on any atom is 0.288 e. The highest BCUT2D eigenvalue weighted by molar-refractivity contribution is 6.44. The van der Waals surface area contributed by atoms with Gasteiger partial charge in [-0.3, -0.25) is 9.59 Å². The normalized spacial score (nSPS) is 24.1. The molecule has 2 amide bonds. The standard InChI is InChI=1S/C11H16N4O2/c1-7-9(13-14-10(7)16)11(17)15-12-8-5-3-2-4-6-8/h7H,2-6H2,1H3,(H,14,16)(H,15,17)/t7-/m1/s1. The van der Waals surface area contributed by atoms with E-state index in [2.05, 4.69) is 21.1 Å². The van der Waals surface area contributed by atoms with Crippen LogP contribution in [0.4, 0.5) is 0 Å². The van der Waals surface area contributed by atoms with E-state index >= 15 is 0 Å². The van der Waals surface area contributed by atoms with Crippen molar-refractivity contribution in [2.45, 2.75) is 39.0 Å². The molecule has 1 aliphatic carbocycles. The summed E-state index contributed by atoms with van der Waals surface area (Å²) in [5.41, 5.74) is 5.98. The third-order valence-corrected chi connectivity index (χ3v) is 3.07. The molecule has 1 aliphatic heterocycles. The van der Waals surface area contributed by atoms with Gasteiger partial charge >= 0.3 is 0 Å². The summed E-state index contributed by atoms with van der Waals surface area (Å²) < 4.78 is 0. The molecule has 0 saturated heterocycles. The number of hydrogen-bond acceptors (Lipinski definition) is 4. The molecule has 92 valence electrons. The molecule has 2 rings (SSSR count). The second-order valence-electron chi connectivity index (χ2n) is 4.37. The van der Waals surface area contributed by atoms with Crippen LogP contribution in [0.25, 0.3) is 0 Å². The monoisotopic (exact) mass is 236 g/mol. The van der Waals surface area contributed by atoms with Gasteiger partial charge in [0.05, 0.1) is 5.92 Å². The van der Waals surface area contributed by atoms with Gasteiger partial charge in [-0.1, -0.05) is 6.42 Å². The van der Waals surface area contributed by atoms with Crippen LogP contribution in [0.15, 0.2) is 10.2 Å². The third-order valence-electron chi connectivity index (χ3n) is 3.07. The topological polar surface area (TPSA) is 82.9 Å². The van der Waals surface area contributed by atoms with Gasteiger partial charge in [-0.05, 0) is 32.6 Å². The minimum absolute atomic E-state index is 0.204. The van der Waals surface area contributed by atoms with Crippen molar-refractivity contribution in [2.24, 2.45) is 16.1 Å². The van der Waals surface area contributed by atoms with Gasteiger partial charge in [0.25, 0.3) is 5.91 Å². The Morgan fingerprint density at radius 3 is 2.71 bits per heavy atom. The molecule has 0 spiro atoms. The zero-order valence-corrected chi connectivity index (χ0v) is 9.82. The smallest absolute Gasteiger partial charge is 0.272 e. The van der Waals surface area contributed by atoms with Gasteiger partial charge < -0.3 is 0 Å². The van der Waals surface area contributed by atoms with E-state index in [0.29, 0.717) is 0 Å². The van der Waals surface area contributed by atoms with E-state index in [-0.39, 0.29) is 11.6 Å². The van der Waals surface area contributed by atoms with Crippen LogP contribution >= 0.6 is 0 Å². The van der Waals surface area contributed by atoms with Gasteiger partial charge in [-0.2, -0.15) is 10.2 Å². The minimum Gasteiger partial charge on any atom is -0.272 e. The molecule has 6 heteroatoms. The highest BCUT2D eigenvalue weighted by atomic mass is 16.2. The predicted molar refractivity (Wildman–Crippen MR) is 63.4 cm³/mol. The highest BCUT2D eigenvalue weighted by Gasteiger charge is 2.30. The Morgan fingerprint density at radius 2 is 2.12 bits per heavy atom. The molecule has 1 atom stereocenters. The van der Waals surface area contributed by atoms with Gasteiger partial charge in [-0.25, -0.2) is 10.9 Å². The number of carbonyl (C=O) groups is 2. The van der Waals surface area contributed by atoms with Crippen molar-refractivity contribution in [2.75, 3.05) is 0 Å². The fourth-order valence-corrected chi connectivity index (χ4v) is 1.94. The van der Waals surface area contributed by atoms with Crippen LogP contribution in [0, 0.1) is 5.92 Å². The minimum atomic E-state index is -0.499. The fraction of sp³-hybridized carbons (Fsp3) is 0.636. The summed E-state index contributed by atoms with van der Waals surface area (Å²) in [6.45, 7) is 1.65. The van der Waals surface area contributed by atoms with E-state index in [1.54, 1.807) is 6.92 Å². The number of hydrogen-bond donors (Lipinski definition) is 2. The van der Waals surface area contributed by atoms with Gasteiger partial charge in [0.15, 0.2) is 0 Å². The Labute approximate surface area is 99.5 Å². The van der Waals surface area contributed by atoms with Crippen molar-refractivity contribution in [3.8, 4) is 0 Å². The highest BCUT2D eigenvalue weighted by Crippen LogP contribution is 2.14. The van der Waals surface area contributed by atoms with Crippen molar-refractivity contribution in [1.82, 2.24) is 10.9 Å². The summed E-state index contributed by atoms with van der Waals surface area (Å²) in [5, 5.41) is 7.78. The summed E-state index contributed by atoms with van der Waals surface area (Å²) >= 11 is 0. The molecular weight excluding hydrogens is 220 g/mol. The van der Waals surface area contributed by atoms with Crippen molar-refractivity contribution < 1.29 is 9.59 Å². The zero-order valence-electron chi connectivity index (χ0n) is 9.82. The summed E-state index contributed by atoms with van der Waals surface area (Å²) in [4.78, 5) is 22.9. The molecule has 0 aromatic heterocycles. The SMILES string of the molecule is C[C@H]1C(=O)NN=C1C(=O)NN=C1CCCCC1. The molecule has 0 radical (unpaired) electrons. The van der Waals surface area contributed by atoms with Crippen molar-refractivity contribution in [3.63, 3.8) is 0 Å². The second-order valence-corrected chi connectivity index (χ2v) is 4.37. The van der Waals surface area contributed by atoms with Crippen molar-refractivity contribution >= 4 is 23.2 Å². The Balaban J connectivity index is 1.91. The Bertz CT molecular complexity index is 392. The van der Waals surface area contributed by atoms with E-state index in [1.165, 1.54) is 6.42 Å². The Kier molecular flexibility index (Phi) is 3.51. The summed E-state index contributed by atoms with van der Waals surface area (Å²) in [5.74, 6) is -1.14. The first-order valence-electron chi connectivity index (χ1n) is 5.91. The number of hydrazone groups is 2. The van der Waals surface area contributed by atoms with Gasteiger partial charge in [0.2, 0.25) is 5.91 Å². The first-order valence-corrected chi connectivity index (χ1v) is 5.91. The first-order chi connectivity index (χ1) is 8.18. The second kappa shape index (κ2) is 5.07. The van der Waals surface area contributed by atoms with E-state index in [9.17, 15) is 9.59 Å². The van der Waals surface area contributed by atoms with Crippen LogP contribution in [0.3, 0.4) is 0 Å². The molecule has 0 aromatic rings. The van der Waals surface area contributed by atoms with Crippen LogP contribution in [0.5, 0.6) is 0 Å². The zero-order chi connectivity index (χ0) is 12.3. The van der Waals surface area contributed by atoms with Gasteiger partial charge in [-0.15, -0.1) is 0 Å². The fourth-order valence-electron chi connectivity index (χ4n) is 1.94. The number of nitrogens with one attached hydrogen (secondary N) is 2. The summed E-state index contributed by atoms with van der Waals surface area (Å²) in [7, 11) is 0. The Morgan fingerprint density at radius 1 is 1.41 bits per heavy atom. The molecule has 6 nitrogen and oxygen atoms in total. The predicted octanol–water partition coefficient (Wildman–Crippen LogP) is 0.545. The molecule has 17 heavy (non-hydrogen) atoms. The van der Waals surface area contributed by atoms with Crippen LogP contribution in [-0.2, 0) is 9.59 Å². The lowest BCUT2D eigenvalue weighted by Gasteiger charge is -2.12. The van der Waals surface area contributed by atoms with Crippen molar-refractivity contribution in [1.29, 1.82) is 0 Å². The maximum atomic E-state index is 11.7. The van der Waals surface area contributed by atoms with Crippen LogP contribution in [-0.4, -0.2) is 23.2 Å². The van der Waals surface area contributed by atoms with Crippen molar-refractivity contribution in [3.05, 3.63) is 0 Å². The molecular formula is C11H16N4O2. The molecule has 0 aromatic carbocycles. The van der Waals surface area contributed by atoms with Crippen LogP contribution < -0.4 is 10.9 Å². The van der Waals surface area contributed by atoms with Crippen LogP contribution in [0.2, 0.25) is 0 Å². The Hall–Kier alpha value is -1.72. The summed E-state index contributed by atoms with van der Waals surface area (Å²) in [6, 6.07) is 0. The molecule has 2 N–H and O–H groups in total. The van der Waals surface area contributed by atoms with E-state index in [4.69, 9.17) is 0 Å². The maximum absolute atomic E-state index is 11.7. The molecule has 1 saturated carbocycles. The van der Waals surface area contributed by atoms with E-state index in [0.717, 1.165) is 31.4 Å². The quantitative estimate of drug-likeness (QED) is 0.686. The number of rotatable bonds is 2.